The summed E-state index contributed by atoms with van der Waals surface area (Å²) in [5.74, 6) is 0.371. The lowest BCUT2D eigenvalue weighted by molar-refractivity contribution is -0.175. The normalized spacial score (nSPS) is 29.6. The molecule has 0 aromatic heterocycles. The van der Waals surface area contributed by atoms with E-state index in [1.807, 2.05) is 18.2 Å². The number of carbonyl (C=O) groups excluding carboxylic acids is 1. The van der Waals surface area contributed by atoms with Gasteiger partial charge in [0.25, 0.3) is 0 Å². The Balaban J connectivity index is 1.52. The number of hydrogen-bond acceptors (Lipinski definition) is 5. The summed E-state index contributed by atoms with van der Waals surface area (Å²) < 4.78 is 25.4. The van der Waals surface area contributed by atoms with Gasteiger partial charge in [-0.3, -0.25) is 4.79 Å². The van der Waals surface area contributed by atoms with Gasteiger partial charge in [0.15, 0.2) is 6.29 Å². The van der Waals surface area contributed by atoms with Gasteiger partial charge in [0.1, 0.15) is 6.10 Å². The third-order valence-corrected chi connectivity index (χ3v) is 7.76. The van der Waals surface area contributed by atoms with Crippen LogP contribution in [-0.2, 0) is 30.3 Å². The zero-order valence-corrected chi connectivity index (χ0v) is 19.9. The molecule has 6 heteroatoms. The molecule has 3 fully saturated rings. The molecule has 0 N–H and O–H groups in total. The Labute approximate surface area is 194 Å². The predicted molar refractivity (Wildman–Crippen MR) is 121 cm³/mol. The number of halogens is 1. The van der Waals surface area contributed by atoms with E-state index in [2.05, 4.69) is 22.0 Å². The Morgan fingerprint density at radius 1 is 0.968 bits per heavy atom. The molecule has 2 heterocycles. The van der Waals surface area contributed by atoms with Crippen molar-refractivity contribution in [2.24, 2.45) is 11.8 Å². The quantitative estimate of drug-likeness (QED) is 0.485. The van der Waals surface area contributed by atoms with Gasteiger partial charge in [-0.25, -0.2) is 0 Å². The van der Waals surface area contributed by atoms with Crippen molar-refractivity contribution in [3.63, 3.8) is 0 Å². The van der Waals surface area contributed by atoms with Gasteiger partial charge >= 0.3 is 5.97 Å². The van der Waals surface area contributed by atoms with Gasteiger partial charge in [-0.2, -0.15) is 0 Å². The molecule has 0 bridgehead atoms. The first-order chi connectivity index (χ1) is 15.2. The second-order valence-electron chi connectivity index (χ2n) is 9.12. The smallest absolute Gasteiger partial charge is 0.306 e. The van der Waals surface area contributed by atoms with Crippen molar-refractivity contribution < 1.29 is 23.7 Å². The van der Waals surface area contributed by atoms with Crippen LogP contribution >= 0.6 is 15.9 Å². The summed E-state index contributed by atoms with van der Waals surface area (Å²) in [6, 6.07) is 8.16. The van der Waals surface area contributed by atoms with Gasteiger partial charge in [-0.1, -0.05) is 66.2 Å². The minimum Gasteiger partial charge on any atom is -0.462 e. The van der Waals surface area contributed by atoms with Crippen LogP contribution in [0.4, 0.5) is 0 Å². The number of ether oxygens (including phenoxy) is 4. The molecule has 0 amide bonds. The zero-order chi connectivity index (χ0) is 21.5. The second kappa shape index (κ2) is 11.8. The molecule has 1 saturated carbocycles. The van der Waals surface area contributed by atoms with Crippen molar-refractivity contribution in [1.82, 2.24) is 0 Å². The fourth-order valence-electron chi connectivity index (χ4n) is 5.24. The molecule has 2 aliphatic heterocycles. The Hall–Kier alpha value is -0.950. The Morgan fingerprint density at radius 2 is 1.68 bits per heavy atom. The summed E-state index contributed by atoms with van der Waals surface area (Å²) in [7, 11) is 0. The van der Waals surface area contributed by atoms with Gasteiger partial charge in [0.05, 0.1) is 25.9 Å². The second-order valence-corrected chi connectivity index (χ2v) is 9.98. The van der Waals surface area contributed by atoms with Crippen LogP contribution in [0.5, 0.6) is 0 Å². The molecule has 1 aliphatic carbocycles. The standard InChI is InChI=1S/C25H35BrO5/c26-21-11-7-6-10-19(21)17-30-23-16-22(18-8-4-2-1-3-5-9-18)31-24(27)13-12-20(23)25-28-14-15-29-25/h6-7,10-11,18,20,22-23,25H,1-5,8-9,12-17H2. The van der Waals surface area contributed by atoms with Crippen LogP contribution in [0.1, 0.15) is 69.8 Å². The fraction of sp³-hybridized carbons (Fsp3) is 0.720. The summed E-state index contributed by atoms with van der Waals surface area (Å²) in [5.41, 5.74) is 1.12. The van der Waals surface area contributed by atoms with Crippen LogP contribution in [0.2, 0.25) is 0 Å². The molecule has 3 atom stereocenters. The fourth-order valence-corrected chi connectivity index (χ4v) is 5.64. The molecule has 4 rings (SSSR count). The van der Waals surface area contributed by atoms with Gasteiger partial charge in [-0.15, -0.1) is 0 Å². The van der Waals surface area contributed by atoms with Crippen LogP contribution < -0.4 is 0 Å². The van der Waals surface area contributed by atoms with E-state index in [9.17, 15) is 4.79 Å². The van der Waals surface area contributed by atoms with Crippen molar-refractivity contribution >= 4 is 21.9 Å². The minimum atomic E-state index is -0.298. The van der Waals surface area contributed by atoms with Crippen LogP contribution in [0.15, 0.2) is 28.7 Å². The molecule has 2 saturated heterocycles. The monoisotopic (exact) mass is 494 g/mol. The molecule has 3 aliphatic rings. The molecule has 0 radical (unpaired) electrons. The van der Waals surface area contributed by atoms with E-state index >= 15 is 0 Å². The van der Waals surface area contributed by atoms with Crippen LogP contribution in [-0.4, -0.2) is 37.7 Å². The van der Waals surface area contributed by atoms with Crippen LogP contribution in [0, 0.1) is 11.8 Å². The summed E-state index contributed by atoms with van der Waals surface area (Å²) in [5, 5.41) is 0. The molecule has 5 nitrogen and oxygen atoms in total. The Kier molecular flexibility index (Phi) is 8.82. The molecule has 31 heavy (non-hydrogen) atoms. The van der Waals surface area contributed by atoms with Gasteiger partial charge in [-0.05, 0) is 36.8 Å². The Bertz CT molecular complexity index is 697. The average Bonchev–Trinajstić information content (AvgIpc) is 3.25. The van der Waals surface area contributed by atoms with Gasteiger partial charge in [0, 0.05) is 23.2 Å². The first kappa shape index (κ1) is 23.2. The zero-order valence-electron chi connectivity index (χ0n) is 18.3. The van der Waals surface area contributed by atoms with E-state index in [0.717, 1.165) is 29.3 Å². The maximum absolute atomic E-state index is 12.6. The van der Waals surface area contributed by atoms with E-state index in [-0.39, 0.29) is 30.4 Å². The molecular weight excluding hydrogens is 460 g/mol. The van der Waals surface area contributed by atoms with E-state index < -0.39 is 0 Å². The van der Waals surface area contributed by atoms with E-state index in [4.69, 9.17) is 18.9 Å². The Morgan fingerprint density at radius 3 is 2.42 bits per heavy atom. The highest BCUT2D eigenvalue weighted by Crippen LogP contribution is 2.36. The van der Waals surface area contributed by atoms with Crippen molar-refractivity contribution in [2.75, 3.05) is 13.2 Å². The van der Waals surface area contributed by atoms with Gasteiger partial charge in [0.2, 0.25) is 0 Å². The highest BCUT2D eigenvalue weighted by Gasteiger charge is 2.40. The van der Waals surface area contributed by atoms with E-state index in [1.54, 1.807) is 0 Å². The molecule has 172 valence electrons. The van der Waals surface area contributed by atoms with Crippen molar-refractivity contribution in [3.05, 3.63) is 34.3 Å². The molecular formula is C25H35BrO5. The lowest BCUT2D eigenvalue weighted by Crippen LogP contribution is -2.42. The number of benzene rings is 1. The average molecular weight is 495 g/mol. The lowest BCUT2D eigenvalue weighted by atomic mass is 9.82. The third kappa shape index (κ3) is 6.53. The van der Waals surface area contributed by atoms with E-state index in [1.165, 1.54) is 32.1 Å². The summed E-state index contributed by atoms with van der Waals surface area (Å²) in [4.78, 5) is 12.6. The number of esters is 1. The van der Waals surface area contributed by atoms with Crippen molar-refractivity contribution in [1.29, 1.82) is 0 Å². The maximum atomic E-state index is 12.6. The lowest BCUT2D eigenvalue weighted by Gasteiger charge is -2.37. The van der Waals surface area contributed by atoms with Crippen molar-refractivity contribution in [2.45, 2.75) is 89.3 Å². The van der Waals surface area contributed by atoms with Crippen LogP contribution in [0.25, 0.3) is 0 Å². The number of rotatable bonds is 5. The third-order valence-electron chi connectivity index (χ3n) is 6.99. The predicted octanol–water partition coefficient (Wildman–Crippen LogP) is 5.78. The number of carbonyl (C=O) groups is 1. The minimum absolute atomic E-state index is 0.0360. The first-order valence-electron chi connectivity index (χ1n) is 12.0. The number of cyclic esters (lactones) is 1. The van der Waals surface area contributed by atoms with Crippen LogP contribution in [0.3, 0.4) is 0 Å². The van der Waals surface area contributed by atoms with Crippen molar-refractivity contribution in [3.8, 4) is 0 Å². The summed E-state index contributed by atoms with van der Waals surface area (Å²) >= 11 is 3.63. The molecule has 3 unspecified atom stereocenters. The highest BCUT2D eigenvalue weighted by atomic mass is 79.9. The summed E-state index contributed by atoms with van der Waals surface area (Å²) in [6.45, 7) is 1.73. The largest absolute Gasteiger partial charge is 0.462 e. The topological polar surface area (TPSA) is 54.0 Å². The maximum Gasteiger partial charge on any atom is 0.306 e. The highest BCUT2D eigenvalue weighted by molar-refractivity contribution is 9.10. The number of hydrogen-bond donors (Lipinski definition) is 0. The molecule has 0 spiro atoms. The first-order valence-corrected chi connectivity index (χ1v) is 12.8. The molecule has 1 aromatic rings. The molecule has 1 aromatic carbocycles. The summed E-state index contributed by atoms with van der Waals surface area (Å²) in [6.07, 6.45) is 9.93. The van der Waals surface area contributed by atoms with E-state index in [0.29, 0.717) is 38.6 Å². The SMILES string of the molecule is O=C1CCC(C2OCCO2)C(OCc2ccccc2Br)CC(C2CCCCCCC2)O1. The van der Waals surface area contributed by atoms with Gasteiger partial charge < -0.3 is 18.9 Å².